The Balaban J connectivity index is 1.29. The van der Waals surface area contributed by atoms with Crippen LogP contribution in [0.25, 0.3) is 58.8 Å². The van der Waals surface area contributed by atoms with Gasteiger partial charge in [0.1, 0.15) is 0 Å². The van der Waals surface area contributed by atoms with Crippen molar-refractivity contribution in [3.8, 4) is 16.8 Å². The molecule has 0 aliphatic carbocycles. The Morgan fingerprint density at radius 3 is 1.91 bits per heavy atom. The van der Waals surface area contributed by atoms with Gasteiger partial charge in [-0.15, -0.1) is 11.3 Å². The van der Waals surface area contributed by atoms with Crippen LogP contribution in [0.4, 0.5) is 17.1 Å². The van der Waals surface area contributed by atoms with Crippen LogP contribution in [0, 0.1) is 0 Å². The minimum Gasteiger partial charge on any atom is -0.310 e. The lowest BCUT2D eigenvalue weighted by atomic mass is 9.99. The third kappa shape index (κ3) is 4.32. The first-order valence-corrected chi connectivity index (χ1v) is 16.6. The van der Waals surface area contributed by atoms with Gasteiger partial charge in [0.15, 0.2) is 0 Å². The Kier molecular flexibility index (Phi) is 6.41. The lowest BCUT2D eigenvalue weighted by Crippen LogP contribution is -2.09. The smallest absolute Gasteiger partial charge is 0.0585 e. The second-order valence-electron chi connectivity index (χ2n) is 11.5. The molecule has 7 aromatic carbocycles. The lowest BCUT2D eigenvalue weighted by molar-refractivity contribution is 1.18. The van der Waals surface area contributed by atoms with E-state index in [2.05, 4.69) is 167 Å². The number of hydrogen-bond donors (Lipinski definition) is 0. The summed E-state index contributed by atoms with van der Waals surface area (Å²) in [5.41, 5.74) is 9.24. The van der Waals surface area contributed by atoms with Crippen molar-refractivity contribution in [3.05, 3.63) is 169 Å². The van der Waals surface area contributed by atoms with Gasteiger partial charge in [-0.25, -0.2) is 0 Å². The van der Waals surface area contributed by atoms with E-state index in [4.69, 9.17) is 11.6 Å². The Morgan fingerprint density at radius 2 is 1.13 bits per heavy atom. The molecular weight excluding hydrogens is 600 g/mol. The highest BCUT2D eigenvalue weighted by molar-refractivity contribution is 7.26. The number of hydrogen-bond acceptors (Lipinski definition) is 2. The molecule has 9 rings (SSSR count). The monoisotopic (exact) mass is 626 g/mol. The van der Waals surface area contributed by atoms with Crippen molar-refractivity contribution in [1.29, 1.82) is 0 Å². The van der Waals surface area contributed by atoms with Crippen LogP contribution < -0.4 is 4.90 Å². The zero-order chi connectivity index (χ0) is 30.6. The Labute approximate surface area is 276 Å². The molecule has 218 valence electrons. The van der Waals surface area contributed by atoms with E-state index in [1.165, 1.54) is 48.4 Å². The molecule has 2 aromatic heterocycles. The summed E-state index contributed by atoms with van der Waals surface area (Å²) < 4.78 is 4.70. The van der Waals surface area contributed by atoms with Crippen LogP contribution in [-0.4, -0.2) is 4.57 Å². The maximum Gasteiger partial charge on any atom is 0.0585 e. The fraction of sp³-hybridized carbons (Fsp3) is 0. The van der Waals surface area contributed by atoms with Gasteiger partial charge in [0.2, 0.25) is 0 Å². The minimum absolute atomic E-state index is 0.789. The van der Waals surface area contributed by atoms with Gasteiger partial charge in [-0.05, 0) is 83.9 Å². The first-order valence-electron chi connectivity index (χ1n) is 15.4. The summed E-state index contributed by atoms with van der Waals surface area (Å²) in [5, 5.41) is 5.66. The number of para-hydroxylation sites is 3. The van der Waals surface area contributed by atoms with Gasteiger partial charge in [0.25, 0.3) is 0 Å². The van der Waals surface area contributed by atoms with Crippen LogP contribution in [0.5, 0.6) is 0 Å². The van der Waals surface area contributed by atoms with E-state index in [0.29, 0.717) is 0 Å². The van der Waals surface area contributed by atoms with Crippen LogP contribution >= 0.6 is 22.9 Å². The summed E-state index contributed by atoms with van der Waals surface area (Å²) in [4.78, 5) is 2.36. The number of benzene rings is 7. The maximum absolute atomic E-state index is 6.83. The van der Waals surface area contributed by atoms with E-state index >= 15 is 0 Å². The molecule has 9 aromatic rings. The van der Waals surface area contributed by atoms with Crippen molar-refractivity contribution in [1.82, 2.24) is 4.57 Å². The highest BCUT2D eigenvalue weighted by atomic mass is 35.5. The average molecular weight is 627 g/mol. The molecule has 0 saturated heterocycles. The molecule has 2 heterocycles. The highest BCUT2D eigenvalue weighted by Crippen LogP contribution is 2.46. The third-order valence-electron chi connectivity index (χ3n) is 8.84. The van der Waals surface area contributed by atoms with Gasteiger partial charge in [-0.3, -0.25) is 0 Å². The Bertz CT molecular complexity index is 2530. The van der Waals surface area contributed by atoms with Gasteiger partial charge in [0, 0.05) is 49.0 Å². The van der Waals surface area contributed by atoms with E-state index < -0.39 is 0 Å². The third-order valence-corrected chi connectivity index (χ3v) is 10.5. The highest BCUT2D eigenvalue weighted by Gasteiger charge is 2.20. The number of halogens is 1. The molecule has 0 aliphatic rings. The fourth-order valence-electron chi connectivity index (χ4n) is 6.81. The van der Waals surface area contributed by atoms with Crippen LogP contribution in [0.15, 0.2) is 164 Å². The molecule has 0 radical (unpaired) electrons. The van der Waals surface area contributed by atoms with Crippen molar-refractivity contribution in [2.45, 2.75) is 0 Å². The van der Waals surface area contributed by atoms with Gasteiger partial charge < -0.3 is 9.47 Å². The summed E-state index contributed by atoms with van der Waals surface area (Å²) in [6, 6.07) is 58.4. The molecule has 0 amide bonds. The van der Waals surface area contributed by atoms with Crippen LogP contribution in [0.2, 0.25) is 5.02 Å². The topological polar surface area (TPSA) is 8.17 Å². The molecule has 0 unspecified atom stereocenters. The van der Waals surface area contributed by atoms with Crippen molar-refractivity contribution in [2.24, 2.45) is 0 Å². The number of rotatable bonds is 5. The summed E-state index contributed by atoms with van der Waals surface area (Å²) in [6.45, 7) is 0. The fourth-order valence-corrected chi connectivity index (χ4v) is 8.20. The van der Waals surface area contributed by atoms with Gasteiger partial charge in [-0.2, -0.15) is 0 Å². The molecule has 0 aliphatic heterocycles. The Hall–Kier alpha value is -5.35. The molecule has 0 atom stereocenters. The zero-order valence-corrected chi connectivity index (χ0v) is 26.3. The van der Waals surface area contributed by atoms with Crippen LogP contribution in [0.3, 0.4) is 0 Å². The molecule has 0 spiro atoms. The van der Waals surface area contributed by atoms with Crippen LogP contribution in [0.1, 0.15) is 0 Å². The van der Waals surface area contributed by atoms with E-state index in [9.17, 15) is 0 Å². The number of fused-ring (bicyclic) bond motifs is 6. The maximum atomic E-state index is 6.83. The molecule has 46 heavy (non-hydrogen) atoms. The second-order valence-corrected chi connectivity index (χ2v) is 13.0. The molecule has 0 saturated carbocycles. The van der Waals surface area contributed by atoms with Crippen molar-refractivity contribution >= 4 is 82.0 Å². The van der Waals surface area contributed by atoms with Gasteiger partial charge in [-0.1, -0.05) is 103 Å². The largest absolute Gasteiger partial charge is 0.310 e. The van der Waals surface area contributed by atoms with Gasteiger partial charge >= 0.3 is 0 Å². The minimum atomic E-state index is 0.789. The van der Waals surface area contributed by atoms with Gasteiger partial charge in [0.05, 0.1) is 20.8 Å². The summed E-state index contributed by atoms with van der Waals surface area (Å²) in [6.07, 6.45) is 0. The molecule has 0 fully saturated rings. The van der Waals surface area contributed by atoms with Crippen molar-refractivity contribution in [2.75, 3.05) is 4.90 Å². The van der Waals surface area contributed by atoms with Crippen LogP contribution in [-0.2, 0) is 0 Å². The van der Waals surface area contributed by atoms with Crippen molar-refractivity contribution in [3.63, 3.8) is 0 Å². The average Bonchev–Trinajstić information content (AvgIpc) is 3.66. The van der Waals surface area contributed by atoms with Crippen molar-refractivity contribution < 1.29 is 0 Å². The first kappa shape index (κ1) is 27.0. The van der Waals surface area contributed by atoms with E-state index in [1.807, 2.05) is 6.07 Å². The first-order chi connectivity index (χ1) is 22.7. The van der Waals surface area contributed by atoms with E-state index in [0.717, 1.165) is 32.5 Å². The zero-order valence-electron chi connectivity index (χ0n) is 24.8. The number of anilines is 3. The number of nitrogens with zero attached hydrogens (tertiary/aromatic N) is 2. The lowest BCUT2D eigenvalue weighted by Gasteiger charge is -2.26. The van der Waals surface area contributed by atoms with E-state index in [1.54, 1.807) is 11.3 Å². The molecule has 0 bridgehead atoms. The predicted molar refractivity (Wildman–Crippen MR) is 199 cm³/mol. The van der Waals surface area contributed by atoms with E-state index in [-0.39, 0.29) is 0 Å². The quantitative estimate of drug-likeness (QED) is 0.184. The molecular formula is C42H27ClN2S. The standard InChI is InChI=1S/C42H27ClN2S/c43-37-23-22-33(28-12-4-1-5-13-28)41-36-27-32(21-25-40(36)46-42(37)41)44(29-14-6-2-7-15-29)31-20-24-39-35(26-31)34-18-10-11-19-38(34)45(39)30-16-8-3-9-17-30/h1-27H. The molecule has 2 nitrogen and oxygen atoms in total. The summed E-state index contributed by atoms with van der Waals surface area (Å²) >= 11 is 8.59. The predicted octanol–water partition coefficient (Wildman–Crippen LogP) is 12.9. The summed E-state index contributed by atoms with van der Waals surface area (Å²) in [7, 11) is 0. The normalized spacial score (nSPS) is 11.6. The number of thiophene rings is 1. The second kappa shape index (κ2) is 10.9. The summed E-state index contributed by atoms with van der Waals surface area (Å²) in [5.74, 6) is 0. The molecule has 0 N–H and O–H groups in total. The SMILES string of the molecule is Clc1ccc(-c2ccccc2)c2c1sc1ccc(N(c3ccccc3)c3ccc4c(c3)c3ccccc3n4-c3ccccc3)cc12. The number of aromatic nitrogens is 1. The molecule has 4 heteroatoms. The Morgan fingerprint density at radius 1 is 0.500 bits per heavy atom.